The fourth-order valence-electron chi connectivity index (χ4n) is 2.92. The molecule has 0 unspecified atom stereocenters. The van der Waals surface area contributed by atoms with E-state index in [-0.39, 0.29) is 16.6 Å². The average Bonchev–Trinajstić information content (AvgIpc) is 2.46. The van der Waals surface area contributed by atoms with E-state index in [0.29, 0.717) is 11.7 Å². The molecule has 1 aliphatic carbocycles. The summed E-state index contributed by atoms with van der Waals surface area (Å²) in [5.74, 6) is 0. The molecule has 2 rings (SSSR count). The Morgan fingerprint density at radius 3 is 2.35 bits per heavy atom. The molecule has 0 spiro atoms. The van der Waals surface area contributed by atoms with Crippen LogP contribution in [0.25, 0.3) is 0 Å². The molecule has 23 heavy (non-hydrogen) atoms. The van der Waals surface area contributed by atoms with Gasteiger partial charge in [0, 0.05) is 18.2 Å². The summed E-state index contributed by atoms with van der Waals surface area (Å²) in [6, 6.07) is 4.38. The number of hydrogen-bond donors (Lipinski definition) is 2. The number of rotatable bonds is 5. The number of benzene rings is 1. The van der Waals surface area contributed by atoms with Gasteiger partial charge >= 0.3 is 0 Å². The van der Waals surface area contributed by atoms with Crippen molar-refractivity contribution >= 4 is 21.4 Å². The minimum Gasteiger partial charge on any atom is -0.377 e. The van der Waals surface area contributed by atoms with Crippen molar-refractivity contribution in [2.45, 2.75) is 42.7 Å². The lowest BCUT2D eigenvalue weighted by Crippen LogP contribution is -2.36. The maximum absolute atomic E-state index is 11.3. The van der Waals surface area contributed by atoms with Gasteiger partial charge in [-0.1, -0.05) is 0 Å². The lowest BCUT2D eigenvalue weighted by atomic mass is 9.90. The van der Waals surface area contributed by atoms with Crippen LogP contribution in [0.5, 0.6) is 0 Å². The zero-order valence-electron chi connectivity index (χ0n) is 13.2. The first-order valence-corrected chi connectivity index (χ1v) is 8.97. The van der Waals surface area contributed by atoms with Crippen LogP contribution in [0.4, 0.5) is 11.4 Å². The molecule has 1 fully saturated rings. The molecule has 3 N–H and O–H groups in total. The largest absolute Gasteiger partial charge is 0.377 e. The van der Waals surface area contributed by atoms with Crippen LogP contribution >= 0.6 is 0 Å². The van der Waals surface area contributed by atoms with E-state index in [0.717, 1.165) is 31.7 Å². The second-order valence-electron chi connectivity index (χ2n) is 6.09. The average molecular weight is 342 g/mol. The Bertz CT molecular complexity index is 682. The molecule has 9 heteroatoms. The molecule has 0 atom stereocenters. The van der Waals surface area contributed by atoms with Gasteiger partial charge < -0.3 is 10.2 Å². The van der Waals surface area contributed by atoms with Crippen LogP contribution in [-0.2, 0) is 10.0 Å². The highest BCUT2D eigenvalue weighted by Crippen LogP contribution is 2.31. The molecule has 0 bridgehead atoms. The number of nitro benzene ring substituents is 1. The van der Waals surface area contributed by atoms with Crippen molar-refractivity contribution in [1.29, 1.82) is 0 Å². The van der Waals surface area contributed by atoms with Crippen LogP contribution in [0.15, 0.2) is 23.1 Å². The third kappa shape index (κ3) is 4.40. The Labute approximate surface area is 135 Å². The third-order valence-corrected chi connectivity index (χ3v) is 5.19. The Morgan fingerprint density at radius 1 is 1.26 bits per heavy atom. The quantitative estimate of drug-likeness (QED) is 0.619. The van der Waals surface area contributed by atoms with Crippen molar-refractivity contribution < 1.29 is 13.3 Å². The van der Waals surface area contributed by atoms with Gasteiger partial charge in [-0.25, -0.2) is 13.6 Å². The van der Waals surface area contributed by atoms with E-state index in [1.54, 1.807) is 0 Å². The topological polar surface area (TPSA) is 119 Å². The maximum atomic E-state index is 11.3. The van der Waals surface area contributed by atoms with Crippen molar-refractivity contribution in [3.05, 3.63) is 28.3 Å². The van der Waals surface area contributed by atoms with Crippen LogP contribution in [0.1, 0.15) is 25.7 Å². The molecule has 8 nitrogen and oxygen atoms in total. The maximum Gasteiger partial charge on any atom is 0.293 e. The molecule has 0 aromatic heterocycles. The van der Waals surface area contributed by atoms with Gasteiger partial charge in [0.05, 0.1) is 9.82 Å². The molecule has 1 aromatic rings. The van der Waals surface area contributed by atoms with Crippen LogP contribution < -0.4 is 10.5 Å². The number of sulfonamides is 1. The van der Waals surface area contributed by atoms with Gasteiger partial charge in [-0.2, -0.15) is 0 Å². The van der Waals surface area contributed by atoms with Gasteiger partial charge in [0.15, 0.2) is 0 Å². The van der Waals surface area contributed by atoms with E-state index in [4.69, 9.17) is 5.14 Å². The first kappa shape index (κ1) is 17.6. The lowest BCUT2D eigenvalue weighted by molar-refractivity contribution is -0.384. The van der Waals surface area contributed by atoms with Gasteiger partial charge in [0.25, 0.3) is 5.69 Å². The minimum atomic E-state index is -3.96. The fraction of sp³-hybridized carbons (Fsp3) is 0.571. The number of nitrogens with two attached hydrogens (primary N) is 1. The van der Waals surface area contributed by atoms with Crippen molar-refractivity contribution in [3.63, 3.8) is 0 Å². The molecule has 1 aliphatic rings. The van der Waals surface area contributed by atoms with Crippen molar-refractivity contribution in [1.82, 2.24) is 4.90 Å². The zero-order valence-corrected chi connectivity index (χ0v) is 14.0. The Kier molecular flexibility index (Phi) is 5.23. The number of primary sulfonamides is 1. The molecule has 1 aromatic carbocycles. The van der Waals surface area contributed by atoms with Gasteiger partial charge in [-0.3, -0.25) is 10.1 Å². The van der Waals surface area contributed by atoms with E-state index >= 15 is 0 Å². The van der Waals surface area contributed by atoms with Gasteiger partial charge in [0.1, 0.15) is 5.69 Å². The van der Waals surface area contributed by atoms with E-state index in [9.17, 15) is 18.5 Å². The minimum absolute atomic E-state index is 0.144. The lowest BCUT2D eigenvalue weighted by Gasteiger charge is -2.33. The highest BCUT2D eigenvalue weighted by molar-refractivity contribution is 7.89. The van der Waals surface area contributed by atoms with Crippen molar-refractivity contribution in [3.8, 4) is 0 Å². The number of nitrogens with one attached hydrogen (secondary N) is 1. The monoisotopic (exact) mass is 342 g/mol. The highest BCUT2D eigenvalue weighted by atomic mass is 32.2. The number of nitro groups is 1. The van der Waals surface area contributed by atoms with E-state index in [1.165, 1.54) is 12.1 Å². The number of nitrogens with zero attached hydrogens (tertiary/aromatic N) is 2. The molecule has 0 amide bonds. The summed E-state index contributed by atoms with van der Waals surface area (Å²) in [4.78, 5) is 12.5. The second-order valence-corrected chi connectivity index (χ2v) is 7.66. The molecule has 1 saturated carbocycles. The summed E-state index contributed by atoms with van der Waals surface area (Å²) in [6.45, 7) is 0. The van der Waals surface area contributed by atoms with E-state index < -0.39 is 14.9 Å². The number of anilines is 1. The van der Waals surface area contributed by atoms with E-state index in [1.807, 2.05) is 0 Å². The highest BCUT2D eigenvalue weighted by Gasteiger charge is 2.25. The van der Waals surface area contributed by atoms with Crippen LogP contribution in [0.3, 0.4) is 0 Å². The first-order chi connectivity index (χ1) is 10.7. The summed E-state index contributed by atoms with van der Waals surface area (Å²) in [6.07, 6.45) is 3.87. The molecular weight excluding hydrogens is 320 g/mol. The fourth-order valence-corrected chi connectivity index (χ4v) is 3.45. The predicted molar refractivity (Wildman–Crippen MR) is 87.8 cm³/mol. The SMILES string of the molecule is CN(C)[C@H]1CC[C@H](Nc2ccc(S(N)(=O)=O)cc2[N+](=O)[O-])CC1. The standard InChI is InChI=1S/C14H22N4O4S/c1-17(2)11-5-3-10(4-6-11)16-13-8-7-12(23(15,21)22)9-14(13)18(19)20/h7-11,16H,3-6H2,1-2H3,(H2,15,21,22)/t10-,11-. The summed E-state index contributed by atoms with van der Waals surface area (Å²) in [5.41, 5.74) is 0.0574. The van der Waals surface area contributed by atoms with Crippen LogP contribution in [0.2, 0.25) is 0 Å². The smallest absolute Gasteiger partial charge is 0.293 e. The Balaban J connectivity index is 2.16. The van der Waals surface area contributed by atoms with Gasteiger partial charge in [0.2, 0.25) is 10.0 Å². The second kappa shape index (κ2) is 6.81. The van der Waals surface area contributed by atoms with Gasteiger partial charge in [-0.05, 0) is 51.9 Å². The Morgan fingerprint density at radius 2 is 1.87 bits per heavy atom. The first-order valence-electron chi connectivity index (χ1n) is 7.42. The summed E-state index contributed by atoms with van der Waals surface area (Å²) < 4.78 is 22.7. The van der Waals surface area contributed by atoms with Crippen molar-refractivity contribution in [2.24, 2.45) is 5.14 Å². The molecule has 0 saturated heterocycles. The molecule has 0 heterocycles. The normalized spacial score (nSPS) is 22.1. The van der Waals surface area contributed by atoms with Crippen LogP contribution in [0, 0.1) is 10.1 Å². The van der Waals surface area contributed by atoms with Gasteiger partial charge in [-0.15, -0.1) is 0 Å². The Hall–Kier alpha value is -1.71. The summed E-state index contributed by atoms with van der Waals surface area (Å²) >= 11 is 0. The molecular formula is C14H22N4O4S. The van der Waals surface area contributed by atoms with Crippen LogP contribution in [-0.4, -0.2) is 44.4 Å². The zero-order chi connectivity index (χ0) is 17.2. The molecule has 0 radical (unpaired) electrons. The molecule has 0 aliphatic heterocycles. The summed E-state index contributed by atoms with van der Waals surface area (Å²) in [7, 11) is 0.138. The van der Waals surface area contributed by atoms with E-state index in [2.05, 4.69) is 24.3 Å². The number of hydrogen-bond acceptors (Lipinski definition) is 6. The predicted octanol–water partition coefficient (Wildman–Crippen LogP) is 1.53. The summed E-state index contributed by atoms with van der Waals surface area (Å²) in [5, 5.41) is 19.4. The van der Waals surface area contributed by atoms with Crippen molar-refractivity contribution in [2.75, 3.05) is 19.4 Å². The molecule has 128 valence electrons. The third-order valence-electron chi connectivity index (χ3n) is 4.28.